The summed E-state index contributed by atoms with van der Waals surface area (Å²) in [7, 11) is 0. The summed E-state index contributed by atoms with van der Waals surface area (Å²) in [5, 5.41) is 0. The van der Waals surface area contributed by atoms with Crippen molar-refractivity contribution in [1.82, 2.24) is 4.90 Å². The lowest BCUT2D eigenvalue weighted by molar-refractivity contribution is 0.519. The average Bonchev–Trinajstić information content (AvgIpc) is 2.34. The summed E-state index contributed by atoms with van der Waals surface area (Å²) in [5.41, 5.74) is 1.53. The molecule has 0 aromatic rings. The minimum atomic E-state index is 0.882. The van der Waals surface area contributed by atoms with Crippen LogP contribution in [0.3, 0.4) is 0 Å². The standard InChI is InChI=1S/C6H9ClN2/c7-2-1-4-9-5-3-8-6-9/h1-2,6H,3-5H2. The van der Waals surface area contributed by atoms with Gasteiger partial charge in [0.15, 0.2) is 0 Å². The maximum atomic E-state index is 5.33. The van der Waals surface area contributed by atoms with Crippen LogP contribution in [0.15, 0.2) is 16.6 Å². The van der Waals surface area contributed by atoms with E-state index in [-0.39, 0.29) is 0 Å². The van der Waals surface area contributed by atoms with E-state index in [0.29, 0.717) is 0 Å². The molecule has 1 rings (SSSR count). The van der Waals surface area contributed by atoms with Crippen molar-refractivity contribution in [2.45, 2.75) is 0 Å². The highest BCUT2D eigenvalue weighted by Crippen LogP contribution is 1.92. The molecule has 0 atom stereocenters. The summed E-state index contributed by atoms with van der Waals surface area (Å²) >= 11 is 5.33. The third kappa shape index (κ3) is 2.06. The quantitative estimate of drug-likeness (QED) is 0.567. The van der Waals surface area contributed by atoms with Gasteiger partial charge in [0.05, 0.1) is 12.9 Å². The molecule has 0 unspecified atom stereocenters. The van der Waals surface area contributed by atoms with Crippen LogP contribution in [0.5, 0.6) is 0 Å². The van der Waals surface area contributed by atoms with Crippen molar-refractivity contribution in [2.75, 3.05) is 19.6 Å². The highest BCUT2D eigenvalue weighted by atomic mass is 35.5. The Hall–Kier alpha value is -0.500. The first-order chi connectivity index (χ1) is 4.43. The lowest BCUT2D eigenvalue weighted by Gasteiger charge is -2.08. The van der Waals surface area contributed by atoms with E-state index in [2.05, 4.69) is 9.89 Å². The molecule has 0 aromatic carbocycles. The molecule has 0 saturated carbocycles. The summed E-state index contributed by atoms with van der Waals surface area (Å²) < 4.78 is 0. The van der Waals surface area contributed by atoms with Gasteiger partial charge < -0.3 is 4.90 Å². The maximum Gasteiger partial charge on any atom is 0.0854 e. The Morgan fingerprint density at radius 3 is 3.22 bits per heavy atom. The smallest absolute Gasteiger partial charge is 0.0854 e. The van der Waals surface area contributed by atoms with Crippen LogP contribution in [-0.4, -0.2) is 30.9 Å². The molecular formula is C6H9ClN2. The van der Waals surface area contributed by atoms with E-state index in [1.165, 1.54) is 5.54 Å². The van der Waals surface area contributed by atoms with Crippen molar-refractivity contribution in [2.24, 2.45) is 4.99 Å². The van der Waals surface area contributed by atoms with Gasteiger partial charge in [0, 0.05) is 18.6 Å². The molecule has 1 heterocycles. The van der Waals surface area contributed by atoms with Crippen LogP contribution in [0.2, 0.25) is 0 Å². The van der Waals surface area contributed by atoms with Crippen LogP contribution in [0, 0.1) is 0 Å². The molecular weight excluding hydrogens is 136 g/mol. The van der Waals surface area contributed by atoms with Gasteiger partial charge in [-0.05, 0) is 0 Å². The van der Waals surface area contributed by atoms with Crippen LogP contribution in [0.1, 0.15) is 0 Å². The average molecular weight is 145 g/mol. The molecule has 0 fully saturated rings. The first-order valence-electron chi connectivity index (χ1n) is 2.92. The monoisotopic (exact) mass is 144 g/mol. The van der Waals surface area contributed by atoms with E-state index in [1.54, 1.807) is 0 Å². The van der Waals surface area contributed by atoms with Gasteiger partial charge >= 0.3 is 0 Å². The van der Waals surface area contributed by atoms with E-state index in [0.717, 1.165) is 19.6 Å². The summed E-state index contributed by atoms with van der Waals surface area (Å²) in [6.07, 6.45) is 3.76. The fraction of sp³-hybridized carbons (Fsp3) is 0.500. The Bertz CT molecular complexity index is 131. The zero-order chi connectivity index (χ0) is 6.53. The third-order valence-electron chi connectivity index (χ3n) is 1.19. The van der Waals surface area contributed by atoms with Crippen molar-refractivity contribution in [3.8, 4) is 0 Å². The van der Waals surface area contributed by atoms with E-state index in [1.807, 2.05) is 12.4 Å². The number of halogens is 1. The largest absolute Gasteiger partial charge is 0.357 e. The Morgan fingerprint density at radius 1 is 1.78 bits per heavy atom. The van der Waals surface area contributed by atoms with Gasteiger partial charge in [0.1, 0.15) is 0 Å². The van der Waals surface area contributed by atoms with Crippen molar-refractivity contribution >= 4 is 17.9 Å². The molecule has 2 nitrogen and oxygen atoms in total. The van der Waals surface area contributed by atoms with E-state index >= 15 is 0 Å². The number of hydrogen-bond donors (Lipinski definition) is 0. The molecule has 3 heteroatoms. The zero-order valence-electron chi connectivity index (χ0n) is 5.13. The molecule has 0 aliphatic carbocycles. The lowest BCUT2D eigenvalue weighted by Crippen LogP contribution is -2.18. The van der Waals surface area contributed by atoms with E-state index in [4.69, 9.17) is 11.6 Å². The highest BCUT2D eigenvalue weighted by molar-refractivity contribution is 6.25. The topological polar surface area (TPSA) is 15.6 Å². The second kappa shape index (κ2) is 3.51. The molecule has 50 valence electrons. The summed E-state index contributed by atoms with van der Waals surface area (Å²) in [6, 6.07) is 0. The zero-order valence-corrected chi connectivity index (χ0v) is 5.88. The van der Waals surface area contributed by atoms with E-state index < -0.39 is 0 Å². The molecule has 9 heavy (non-hydrogen) atoms. The number of hydrogen-bond acceptors (Lipinski definition) is 2. The first-order valence-corrected chi connectivity index (χ1v) is 3.36. The molecule has 1 aliphatic heterocycles. The van der Waals surface area contributed by atoms with Crippen LogP contribution in [0.4, 0.5) is 0 Å². The fourth-order valence-corrected chi connectivity index (χ4v) is 0.810. The number of rotatable bonds is 2. The highest BCUT2D eigenvalue weighted by Gasteiger charge is 2.00. The normalized spacial score (nSPS) is 18.1. The minimum Gasteiger partial charge on any atom is -0.357 e. The molecule has 0 saturated heterocycles. The van der Waals surface area contributed by atoms with E-state index in [9.17, 15) is 0 Å². The van der Waals surface area contributed by atoms with Gasteiger partial charge in [0.2, 0.25) is 0 Å². The lowest BCUT2D eigenvalue weighted by atomic mass is 10.5. The Kier molecular flexibility index (Phi) is 2.58. The van der Waals surface area contributed by atoms with Gasteiger partial charge in [-0.25, -0.2) is 0 Å². The molecule has 0 spiro atoms. The summed E-state index contributed by atoms with van der Waals surface area (Å²) in [4.78, 5) is 6.15. The van der Waals surface area contributed by atoms with Crippen molar-refractivity contribution in [3.05, 3.63) is 11.6 Å². The summed E-state index contributed by atoms with van der Waals surface area (Å²) in [6.45, 7) is 2.84. The minimum absolute atomic E-state index is 0.882. The van der Waals surface area contributed by atoms with Gasteiger partial charge in [0.25, 0.3) is 0 Å². The Morgan fingerprint density at radius 2 is 2.67 bits per heavy atom. The van der Waals surface area contributed by atoms with Gasteiger partial charge in [-0.2, -0.15) is 0 Å². The predicted octanol–water partition coefficient (Wildman–Crippen LogP) is 1.08. The maximum absolute atomic E-state index is 5.33. The summed E-state index contributed by atoms with van der Waals surface area (Å²) in [5.74, 6) is 0. The van der Waals surface area contributed by atoms with Gasteiger partial charge in [-0.1, -0.05) is 17.7 Å². The molecule has 0 N–H and O–H groups in total. The number of nitrogens with zero attached hydrogens (tertiary/aromatic N) is 2. The van der Waals surface area contributed by atoms with Crippen molar-refractivity contribution in [3.63, 3.8) is 0 Å². The molecule has 0 bridgehead atoms. The second-order valence-electron chi connectivity index (χ2n) is 1.88. The van der Waals surface area contributed by atoms with Crippen LogP contribution in [0.25, 0.3) is 0 Å². The second-order valence-corrected chi connectivity index (χ2v) is 2.13. The van der Waals surface area contributed by atoms with Gasteiger partial charge in [-0.3, -0.25) is 4.99 Å². The fourth-order valence-electron chi connectivity index (χ4n) is 0.731. The van der Waals surface area contributed by atoms with Crippen molar-refractivity contribution < 1.29 is 0 Å². The van der Waals surface area contributed by atoms with Crippen molar-refractivity contribution in [1.29, 1.82) is 0 Å². The number of aliphatic imine (C=N–C) groups is 1. The van der Waals surface area contributed by atoms with Crippen LogP contribution < -0.4 is 0 Å². The third-order valence-corrected chi connectivity index (χ3v) is 1.37. The molecule has 0 radical (unpaired) electrons. The first kappa shape index (κ1) is 6.62. The SMILES string of the molecule is ClC=CCN1C=NCC1. The van der Waals surface area contributed by atoms with Crippen LogP contribution in [-0.2, 0) is 0 Å². The van der Waals surface area contributed by atoms with Gasteiger partial charge in [-0.15, -0.1) is 0 Å². The predicted molar refractivity (Wildman–Crippen MR) is 39.9 cm³/mol. The Balaban J connectivity index is 2.20. The molecule has 0 amide bonds. The van der Waals surface area contributed by atoms with Crippen LogP contribution >= 0.6 is 11.6 Å². The molecule has 1 aliphatic rings. The molecule has 0 aromatic heterocycles. The Labute approximate surface area is 59.8 Å².